The maximum Gasteiger partial charge on any atom is 0.505 e. The molecule has 0 amide bonds. The van der Waals surface area contributed by atoms with Gasteiger partial charge >= 0.3 is 12.1 Å². The molecule has 22 heavy (non-hydrogen) atoms. The van der Waals surface area contributed by atoms with Crippen molar-refractivity contribution in [3.63, 3.8) is 0 Å². The molecule has 0 atom stereocenters. The highest BCUT2D eigenvalue weighted by molar-refractivity contribution is 5.86. The average molecular weight is 320 g/mol. The number of rotatable bonds is 5. The highest BCUT2D eigenvalue weighted by Crippen LogP contribution is 2.14. The molecule has 7 nitrogen and oxygen atoms in total. The van der Waals surface area contributed by atoms with Crippen LogP contribution in [0.25, 0.3) is 0 Å². The summed E-state index contributed by atoms with van der Waals surface area (Å²) in [5.74, 6) is -0.552. The van der Waals surface area contributed by atoms with Crippen molar-refractivity contribution in [2.45, 2.75) is 59.7 Å². The maximum atomic E-state index is 10.7. The van der Waals surface area contributed by atoms with Gasteiger partial charge in [-0.15, -0.1) is 0 Å². The van der Waals surface area contributed by atoms with E-state index in [4.69, 9.17) is 14.9 Å². The lowest BCUT2D eigenvalue weighted by Crippen LogP contribution is -2.27. The first-order valence-corrected chi connectivity index (χ1v) is 6.80. The first kappa shape index (κ1) is 22.7. The molecular formula is C15H28O7. The lowest BCUT2D eigenvalue weighted by Gasteiger charge is -2.24. The van der Waals surface area contributed by atoms with Gasteiger partial charge in [0.1, 0.15) is 13.2 Å². The Morgan fingerprint density at radius 1 is 0.909 bits per heavy atom. The molecule has 1 N–H and O–H groups in total. The predicted octanol–water partition coefficient (Wildman–Crippen LogP) is 3.33. The van der Waals surface area contributed by atoms with Gasteiger partial charge in [-0.3, -0.25) is 0 Å². The minimum atomic E-state index is -1.39. The molecule has 0 fully saturated rings. The third-order valence-electron chi connectivity index (χ3n) is 1.43. The van der Waals surface area contributed by atoms with Crippen LogP contribution in [0.4, 0.5) is 4.79 Å². The summed E-state index contributed by atoms with van der Waals surface area (Å²) in [7, 11) is 0. The number of ether oxygens (including phenoxy) is 2. The zero-order valence-electron chi connectivity index (χ0n) is 14.5. The molecule has 0 aliphatic heterocycles. The average Bonchev–Trinajstić information content (AvgIpc) is 2.30. The fourth-order valence-corrected chi connectivity index (χ4v) is 0.637. The van der Waals surface area contributed by atoms with E-state index in [1.165, 1.54) is 6.92 Å². The van der Waals surface area contributed by atoms with E-state index < -0.39 is 12.1 Å². The molecule has 0 aliphatic rings. The van der Waals surface area contributed by atoms with Gasteiger partial charge < -0.3 is 14.6 Å². The first-order valence-electron chi connectivity index (χ1n) is 6.80. The summed E-state index contributed by atoms with van der Waals surface area (Å²) in [6.45, 7) is 16.3. The second-order valence-electron chi connectivity index (χ2n) is 6.42. The fraction of sp³-hybridized carbons (Fsp3) is 0.733. The summed E-state index contributed by atoms with van der Waals surface area (Å²) >= 11 is 0. The second-order valence-corrected chi connectivity index (χ2v) is 6.42. The van der Waals surface area contributed by atoms with Crippen LogP contribution < -0.4 is 0 Å². The molecule has 0 aromatic rings. The number of esters is 1. The summed E-state index contributed by atoms with van der Waals surface area (Å²) in [5.41, 5.74) is -0.161. The van der Waals surface area contributed by atoms with E-state index in [2.05, 4.69) is 16.1 Å². The first-order chi connectivity index (χ1) is 9.74. The van der Waals surface area contributed by atoms with E-state index in [1.54, 1.807) is 0 Å². The molecule has 0 aromatic carbocycles. The van der Waals surface area contributed by atoms with Crippen molar-refractivity contribution in [3.05, 3.63) is 12.2 Å². The lowest BCUT2D eigenvalue weighted by atomic mass is 10.2. The number of hydrogen-bond acceptors (Lipinski definition) is 6. The molecule has 7 heteroatoms. The zero-order chi connectivity index (χ0) is 18.0. The Labute approximate surface area is 132 Å². The van der Waals surface area contributed by atoms with Crippen molar-refractivity contribution in [2.24, 2.45) is 0 Å². The van der Waals surface area contributed by atoms with E-state index >= 15 is 0 Å². The van der Waals surface area contributed by atoms with E-state index in [1.807, 2.05) is 41.5 Å². The van der Waals surface area contributed by atoms with Gasteiger partial charge in [0, 0.05) is 5.57 Å². The molecule has 0 aromatic heterocycles. The Morgan fingerprint density at radius 2 is 1.27 bits per heavy atom. The van der Waals surface area contributed by atoms with E-state index in [0.29, 0.717) is 0 Å². The third-order valence-corrected chi connectivity index (χ3v) is 1.43. The van der Waals surface area contributed by atoms with Crippen LogP contribution >= 0.6 is 0 Å². The largest absolute Gasteiger partial charge is 0.505 e. The van der Waals surface area contributed by atoms with Gasteiger partial charge in [-0.1, -0.05) is 6.58 Å². The SMILES string of the molecule is C=C(C)C(=O)OCCOC(=O)O.CC(C)(C)OOC(C)(C)C. The highest BCUT2D eigenvalue weighted by atomic mass is 17.2. The Kier molecular flexibility index (Phi) is 10.5. The molecule has 0 heterocycles. The topological polar surface area (TPSA) is 91.3 Å². The van der Waals surface area contributed by atoms with Crippen molar-refractivity contribution in [1.29, 1.82) is 0 Å². The van der Waals surface area contributed by atoms with E-state index in [0.717, 1.165) is 0 Å². The number of carbonyl (C=O) groups is 2. The Morgan fingerprint density at radius 3 is 1.55 bits per heavy atom. The fourth-order valence-electron chi connectivity index (χ4n) is 0.637. The smallest absolute Gasteiger partial charge is 0.459 e. The zero-order valence-corrected chi connectivity index (χ0v) is 14.5. The summed E-state index contributed by atoms with van der Waals surface area (Å²) < 4.78 is 8.61. The molecule has 0 radical (unpaired) electrons. The predicted molar refractivity (Wildman–Crippen MR) is 81.4 cm³/mol. The van der Waals surface area contributed by atoms with Crippen LogP contribution in [-0.2, 0) is 24.0 Å². The number of carboxylic acid groups (broad SMARTS) is 1. The molecule has 0 rings (SSSR count). The molecule has 0 aliphatic carbocycles. The van der Waals surface area contributed by atoms with Gasteiger partial charge in [0.05, 0.1) is 11.2 Å². The summed E-state index contributed by atoms with van der Waals surface area (Å²) in [6, 6.07) is 0. The highest BCUT2D eigenvalue weighted by Gasteiger charge is 2.18. The standard InChI is InChI=1S/C8H18O2.C7H10O5/c1-7(2,3)9-10-8(4,5)6;1-5(2)6(8)11-3-4-12-7(9)10/h1-6H3;1,3-4H2,2H3,(H,9,10). The van der Waals surface area contributed by atoms with Crippen LogP contribution in [-0.4, -0.2) is 41.6 Å². The maximum absolute atomic E-state index is 10.7. The van der Waals surface area contributed by atoms with Crippen LogP contribution in [0.15, 0.2) is 12.2 Å². The Balaban J connectivity index is 0. The van der Waals surface area contributed by atoms with Crippen molar-refractivity contribution < 1.29 is 33.9 Å². The van der Waals surface area contributed by atoms with Crippen LogP contribution in [0.2, 0.25) is 0 Å². The molecule has 0 unspecified atom stereocenters. The minimum Gasteiger partial charge on any atom is -0.459 e. The van der Waals surface area contributed by atoms with Gasteiger partial charge in [-0.2, -0.15) is 0 Å². The Hall–Kier alpha value is -1.60. The molecule has 0 bridgehead atoms. The molecule has 0 saturated heterocycles. The van der Waals surface area contributed by atoms with Crippen molar-refractivity contribution in [3.8, 4) is 0 Å². The third kappa shape index (κ3) is 20.7. The van der Waals surface area contributed by atoms with Crippen LogP contribution in [0.1, 0.15) is 48.5 Å². The van der Waals surface area contributed by atoms with Gasteiger partial charge in [0.2, 0.25) is 0 Å². The number of hydrogen-bond donors (Lipinski definition) is 1. The van der Waals surface area contributed by atoms with Gasteiger partial charge in [-0.25, -0.2) is 19.4 Å². The quantitative estimate of drug-likeness (QED) is 0.273. The number of carbonyl (C=O) groups excluding carboxylic acids is 1. The van der Waals surface area contributed by atoms with Crippen molar-refractivity contribution in [1.82, 2.24) is 0 Å². The van der Waals surface area contributed by atoms with Gasteiger partial charge in [0.15, 0.2) is 0 Å². The normalized spacial score (nSPS) is 11.0. The molecule has 0 saturated carbocycles. The molecule has 0 spiro atoms. The Bertz CT molecular complexity index is 347. The summed E-state index contributed by atoms with van der Waals surface area (Å²) in [4.78, 5) is 30.6. The lowest BCUT2D eigenvalue weighted by molar-refractivity contribution is -0.393. The summed E-state index contributed by atoms with van der Waals surface area (Å²) in [6.07, 6.45) is -1.39. The van der Waals surface area contributed by atoms with Crippen LogP contribution in [0.5, 0.6) is 0 Å². The van der Waals surface area contributed by atoms with Crippen molar-refractivity contribution in [2.75, 3.05) is 13.2 Å². The second kappa shape index (κ2) is 10.2. The van der Waals surface area contributed by atoms with Gasteiger partial charge in [0.25, 0.3) is 0 Å². The summed E-state index contributed by atoms with van der Waals surface area (Å²) in [5, 5.41) is 8.01. The van der Waals surface area contributed by atoms with E-state index in [-0.39, 0.29) is 30.0 Å². The van der Waals surface area contributed by atoms with Crippen LogP contribution in [0.3, 0.4) is 0 Å². The molecular weight excluding hydrogens is 292 g/mol. The molecule has 130 valence electrons. The van der Waals surface area contributed by atoms with Crippen LogP contribution in [0, 0.1) is 0 Å². The van der Waals surface area contributed by atoms with Gasteiger partial charge in [-0.05, 0) is 48.5 Å². The monoisotopic (exact) mass is 320 g/mol. The van der Waals surface area contributed by atoms with E-state index in [9.17, 15) is 9.59 Å². The minimum absolute atomic E-state index is 0.0853. The van der Waals surface area contributed by atoms with Crippen molar-refractivity contribution >= 4 is 12.1 Å².